The minimum Gasteiger partial charge on any atom is -0.361 e. The van der Waals surface area contributed by atoms with Crippen LogP contribution in [0.15, 0.2) is 64.8 Å². The third-order valence-electron chi connectivity index (χ3n) is 4.80. The van der Waals surface area contributed by atoms with Crippen molar-refractivity contribution < 1.29 is 0 Å². The van der Waals surface area contributed by atoms with Crippen LogP contribution in [0.1, 0.15) is 25.8 Å². The molecule has 134 valence electrons. The average molecular weight is 364 g/mol. The van der Waals surface area contributed by atoms with Crippen molar-refractivity contribution in [1.29, 1.82) is 0 Å². The lowest BCUT2D eigenvalue weighted by atomic mass is 9.98. The van der Waals surface area contributed by atoms with Crippen LogP contribution in [0.25, 0.3) is 16.5 Å². The van der Waals surface area contributed by atoms with Crippen LogP contribution in [-0.2, 0) is 0 Å². The van der Waals surface area contributed by atoms with E-state index in [-0.39, 0.29) is 0 Å². The summed E-state index contributed by atoms with van der Waals surface area (Å²) in [6, 6.07) is 10.8. The standard InChI is InChI=1S/C22H25N3S/c1-16(2)15-25-11-7-17(8-12-25)21-14-24-22-4-3-19(13-20(21)22)26-18-5-9-23-10-6-18/h3-7,9-10,13-14,16,24H,8,11-12,15H2,1-2H3. The normalized spacial score (nSPS) is 15.6. The first kappa shape index (κ1) is 17.4. The number of benzene rings is 1. The Morgan fingerprint density at radius 1 is 1.15 bits per heavy atom. The SMILES string of the molecule is CC(C)CN1CC=C(c2c[nH]c3ccc(Sc4ccncc4)cc23)CC1. The van der Waals surface area contributed by atoms with Gasteiger partial charge in [0.25, 0.3) is 0 Å². The summed E-state index contributed by atoms with van der Waals surface area (Å²) in [7, 11) is 0. The van der Waals surface area contributed by atoms with Crippen LogP contribution >= 0.6 is 11.8 Å². The molecule has 0 radical (unpaired) electrons. The van der Waals surface area contributed by atoms with Crippen LogP contribution < -0.4 is 0 Å². The first-order valence-electron chi connectivity index (χ1n) is 9.30. The summed E-state index contributed by atoms with van der Waals surface area (Å²) in [5.74, 6) is 0.728. The van der Waals surface area contributed by atoms with Gasteiger partial charge in [0, 0.05) is 64.5 Å². The topological polar surface area (TPSA) is 31.9 Å². The largest absolute Gasteiger partial charge is 0.361 e. The highest BCUT2D eigenvalue weighted by atomic mass is 32.2. The van der Waals surface area contributed by atoms with Gasteiger partial charge < -0.3 is 4.98 Å². The van der Waals surface area contributed by atoms with Crippen molar-refractivity contribution in [2.75, 3.05) is 19.6 Å². The van der Waals surface area contributed by atoms with Gasteiger partial charge >= 0.3 is 0 Å². The van der Waals surface area contributed by atoms with E-state index < -0.39 is 0 Å². The van der Waals surface area contributed by atoms with Crippen LogP contribution in [0.3, 0.4) is 0 Å². The summed E-state index contributed by atoms with van der Waals surface area (Å²) in [4.78, 5) is 12.6. The lowest BCUT2D eigenvalue weighted by Gasteiger charge is -2.27. The number of fused-ring (bicyclic) bond motifs is 1. The summed E-state index contributed by atoms with van der Waals surface area (Å²) in [5, 5.41) is 1.33. The molecule has 0 aliphatic carbocycles. The third kappa shape index (κ3) is 3.87. The van der Waals surface area contributed by atoms with E-state index in [0.29, 0.717) is 0 Å². The van der Waals surface area contributed by atoms with E-state index in [1.807, 2.05) is 12.4 Å². The van der Waals surface area contributed by atoms with Gasteiger partial charge in [-0.1, -0.05) is 31.7 Å². The number of pyridine rings is 1. The molecule has 1 aliphatic rings. The highest BCUT2D eigenvalue weighted by Crippen LogP contribution is 2.34. The van der Waals surface area contributed by atoms with E-state index in [2.05, 4.69) is 71.3 Å². The Balaban J connectivity index is 1.58. The second kappa shape index (κ2) is 7.68. The molecule has 0 fully saturated rings. The fraction of sp³-hybridized carbons (Fsp3) is 0.318. The predicted octanol–water partition coefficient (Wildman–Crippen LogP) is 5.46. The van der Waals surface area contributed by atoms with Crippen LogP contribution in [0.2, 0.25) is 0 Å². The van der Waals surface area contributed by atoms with Gasteiger partial charge in [-0.3, -0.25) is 9.88 Å². The zero-order valence-electron chi connectivity index (χ0n) is 15.4. The van der Waals surface area contributed by atoms with Gasteiger partial charge in [0.15, 0.2) is 0 Å². The maximum absolute atomic E-state index is 4.10. The molecular formula is C22H25N3S. The Hall–Kier alpha value is -2.04. The average Bonchev–Trinajstić information content (AvgIpc) is 3.06. The van der Waals surface area contributed by atoms with Crippen molar-refractivity contribution in [3.63, 3.8) is 0 Å². The van der Waals surface area contributed by atoms with Crippen molar-refractivity contribution in [3.05, 3.63) is 60.6 Å². The summed E-state index contributed by atoms with van der Waals surface area (Å²) >= 11 is 1.79. The third-order valence-corrected chi connectivity index (χ3v) is 5.80. The number of nitrogens with one attached hydrogen (secondary N) is 1. The summed E-state index contributed by atoms with van der Waals surface area (Å²) in [5.41, 5.74) is 4.05. The molecule has 0 unspecified atom stereocenters. The second-order valence-electron chi connectivity index (χ2n) is 7.33. The number of H-pyrrole nitrogens is 1. The minimum atomic E-state index is 0.728. The fourth-order valence-corrected chi connectivity index (χ4v) is 4.45. The van der Waals surface area contributed by atoms with Crippen molar-refractivity contribution in [1.82, 2.24) is 14.9 Å². The molecule has 0 atom stereocenters. The molecular weight excluding hydrogens is 338 g/mol. The zero-order chi connectivity index (χ0) is 17.9. The van der Waals surface area contributed by atoms with E-state index in [4.69, 9.17) is 0 Å². The molecule has 3 aromatic rings. The zero-order valence-corrected chi connectivity index (χ0v) is 16.2. The van der Waals surface area contributed by atoms with Crippen molar-refractivity contribution in [2.45, 2.75) is 30.1 Å². The number of rotatable bonds is 5. The molecule has 1 aromatic carbocycles. The Morgan fingerprint density at radius 3 is 2.73 bits per heavy atom. The lowest BCUT2D eigenvalue weighted by Crippen LogP contribution is -2.31. The van der Waals surface area contributed by atoms with Gasteiger partial charge in [0.05, 0.1) is 0 Å². The summed E-state index contributed by atoms with van der Waals surface area (Å²) in [6.45, 7) is 7.99. The molecule has 3 nitrogen and oxygen atoms in total. The summed E-state index contributed by atoms with van der Waals surface area (Å²) in [6.07, 6.45) is 9.41. The Kier molecular flexibility index (Phi) is 5.14. The molecule has 3 heterocycles. The quantitative estimate of drug-likeness (QED) is 0.653. The van der Waals surface area contributed by atoms with Crippen LogP contribution in [0.4, 0.5) is 0 Å². The molecule has 0 saturated heterocycles. The van der Waals surface area contributed by atoms with E-state index in [0.717, 1.165) is 25.4 Å². The van der Waals surface area contributed by atoms with Crippen LogP contribution in [-0.4, -0.2) is 34.5 Å². The predicted molar refractivity (Wildman–Crippen MR) is 111 cm³/mol. The van der Waals surface area contributed by atoms with E-state index in [9.17, 15) is 0 Å². The molecule has 0 bridgehead atoms. The maximum Gasteiger partial charge on any atom is 0.0461 e. The molecule has 0 spiro atoms. The monoisotopic (exact) mass is 363 g/mol. The van der Waals surface area contributed by atoms with Crippen molar-refractivity contribution >= 4 is 28.2 Å². The van der Waals surface area contributed by atoms with Gasteiger partial charge in [0.1, 0.15) is 0 Å². The van der Waals surface area contributed by atoms with E-state index in [1.165, 1.54) is 38.4 Å². The molecule has 4 heteroatoms. The number of aromatic nitrogens is 2. The Bertz CT molecular complexity index is 912. The first-order valence-corrected chi connectivity index (χ1v) is 10.1. The van der Waals surface area contributed by atoms with Gasteiger partial charge in [-0.15, -0.1) is 0 Å². The highest BCUT2D eigenvalue weighted by Gasteiger charge is 2.16. The Labute approximate surface area is 159 Å². The molecule has 0 amide bonds. The summed E-state index contributed by atoms with van der Waals surface area (Å²) < 4.78 is 0. The van der Waals surface area contributed by atoms with E-state index >= 15 is 0 Å². The van der Waals surface area contributed by atoms with Gasteiger partial charge in [-0.05, 0) is 48.2 Å². The Morgan fingerprint density at radius 2 is 2.00 bits per heavy atom. The van der Waals surface area contributed by atoms with Crippen LogP contribution in [0, 0.1) is 5.92 Å². The maximum atomic E-state index is 4.10. The molecule has 1 aliphatic heterocycles. The number of hydrogen-bond donors (Lipinski definition) is 1. The second-order valence-corrected chi connectivity index (χ2v) is 8.47. The van der Waals surface area contributed by atoms with Crippen molar-refractivity contribution in [2.24, 2.45) is 5.92 Å². The molecule has 4 rings (SSSR count). The van der Waals surface area contributed by atoms with Crippen LogP contribution in [0.5, 0.6) is 0 Å². The minimum absolute atomic E-state index is 0.728. The fourth-order valence-electron chi connectivity index (χ4n) is 3.61. The lowest BCUT2D eigenvalue weighted by molar-refractivity contribution is 0.268. The molecule has 26 heavy (non-hydrogen) atoms. The smallest absolute Gasteiger partial charge is 0.0461 e. The van der Waals surface area contributed by atoms with Gasteiger partial charge in [-0.2, -0.15) is 0 Å². The van der Waals surface area contributed by atoms with Gasteiger partial charge in [0.2, 0.25) is 0 Å². The van der Waals surface area contributed by atoms with E-state index in [1.54, 1.807) is 11.8 Å². The van der Waals surface area contributed by atoms with Crippen molar-refractivity contribution in [3.8, 4) is 0 Å². The molecule has 2 aromatic heterocycles. The number of hydrogen-bond acceptors (Lipinski definition) is 3. The molecule has 1 N–H and O–H groups in total. The highest BCUT2D eigenvalue weighted by molar-refractivity contribution is 7.99. The molecule has 0 saturated carbocycles. The van der Waals surface area contributed by atoms with Gasteiger partial charge in [-0.25, -0.2) is 0 Å². The number of nitrogens with zero attached hydrogens (tertiary/aromatic N) is 2. The first-order chi connectivity index (χ1) is 12.7. The number of aromatic amines is 1.